The molecule has 0 radical (unpaired) electrons. The molecule has 0 saturated carbocycles. The van der Waals surface area contributed by atoms with E-state index < -0.39 is 0 Å². The second-order valence-electron chi connectivity index (χ2n) is 6.18. The van der Waals surface area contributed by atoms with E-state index in [0.717, 1.165) is 36.4 Å². The number of nitrogens with zero attached hydrogens (tertiary/aromatic N) is 1. The van der Waals surface area contributed by atoms with Crippen LogP contribution in [0.15, 0.2) is 29.2 Å². The molecule has 3 nitrogen and oxygen atoms in total. The Morgan fingerprint density at radius 1 is 1.33 bits per heavy atom. The van der Waals surface area contributed by atoms with Gasteiger partial charge in [0.1, 0.15) is 0 Å². The summed E-state index contributed by atoms with van der Waals surface area (Å²) >= 11 is 1.75. The number of carbonyl (C=O) groups is 1. The Hall–Kier alpha value is -1.00. The van der Waals surface area contributed by atoms with Crippen LogP contribution in [0.2, 0.25) is 0 Å². The van der Waals surface area contributed by atoms with Crippen LogP contribution in [0.5, 0.6) is 0 Å². The summed E-state index contributed by atoms with van der Waals surface area (Å²) in [4.78, 5) is 15.9. The molecule has 0 spiro atoms. The number of amides is 1. The number of piperidine rings is 1. The van der Waals surface area contributed by atoms with E-state index in [1.54, 1.807) is 11.8 Å². The van der Waals surface area contributed by atoms with Gasteiger partial charge in [0, 0.05) is 29.3 Å². The summed E-state index contributed by atoms with van der Waals surface area (Å²) in [6, 6.07) is 8.10. The molecule has 1 aromatic carbocycles. The van der Waals surface area contributed by atoms with Crippen LogP contribution in [-0.2, 0) is 0 Å². The van der Waals surface area contributed by atoms with Gasteiger partial charge in [0.15, 0.2) is 0 Å². The van der Waals surface area contributed by atoms with Crippen molar-refractivity contribution in [2.75, 3.05) is 13.1 Å². The Morgan fingerprint density at radius 2 is 2.05 bits per heavy atom. The first-order chi connectivity index (χ1) is 9.99. The summed E-state index contributed by atoms with van der Waals surface area (Å²) in [5.74, 6) is 0.580. The van der Waals surface area contributed by atoms with E-state index in [1.807, 2.05) is 36.1 Å². The maximum atomic E-state index is 12.8. The van der Waals surface area contributed by atoms with Crippen molar-refractivity contribution in [3.05, 3.63) is 29.8 Å². The highest BCUT2D eigenvalue weighted by Crippen LogP contribution is 2.29. The number of hydrogen-bond acceptors (Lipinski definition) is 3. The Bertz CT molecular complexity index is 487. The molecular formula is C17H26N2OS. The quantitative estimate of drug-likeness (QED) is 0.867. The molecular weight excluding hydrogens is 280 g/mol. The van der Waals surface area contributed by atoms with Crippen molar-refractivity contribution in [2.24, 2.45) is 11.7 Å². The van der Waals surface area contributed by atoms with E-state index in [9.17, 15) is 4.79 Å². The van der Waals surface area contributed by atoms with Gasteiger partial charge < -0.3 is 10.6 Å². The zero-order valence-electron chi connectivity index (χ0n) is 13.2. The Balaban J connectivity index is 2.16. The second-order valence-corrected chi connectivity index (χ2v) is 7.79. The highest BCUT2D eigenvalue weighted by Gasteiger charge is 2.27. The van der Waals surface area contributed by atoms with Crippen LogP contribution in [-0.4, -0.2) is 35.2 Å². The molecule has 1 aromatic rings. The lowest BCUT2D eigenvalue weighted by Gasteiger charge is -2.35. The first-order valence-corrected chi connectivity index (χ1v) is 8.67. The molecule has 2 rings (SSSR count). The molecule has 1 aliphatic heterocycles. The maximum absolute atomic E-state index is 12.8. The lowest BCUT2D eigenvalue weighted by atomic mass is 9.92. The summed E-state index contributed by atoms with van der Waals surface area (Å²) in [5.41, 5.74) is 6.86. The van der Waals surface area contributed by atoms with Crippen LogP contribution in [0.1, 0.15) is 44.0 Å². The van der Waals surface area contributed by atoms with Gasteiger partial charge >= 0.3 is 0 Å². The van der Waals surface area contributed by atoms with Crippen molar-refractivity contribution < 1.29 is 4.79 Å². The minimum absolute atomic E-state index is 0.154. The monoisotopic (exact) mass is 306 g/mol. The Morgan fingerprint density at radius 3 is 2.71 bits per heavy atom. The highest BCUT2D eigenvalue weighted by atomic mass is 32.2. The minimum atomic E-state index is 0.154. The van der Waals surface area contributed by atoms with Crippen LogP contribution in [0.4, 0.5) is 0 Å². The van der Waals surface area contributed by atoms with Crippen LogP contribution >= 0.6 is 11.8 Å². The molecule has 21 heavy (non-hydrogen) atoms. The van der Waals surface area contributed by atoms with Crippen molar-refractivity contribution in [3.63, 3.8) is 0 Å². The average molecular weight is 306 g/mol. The Kier molecular flexibility index (Phi) is 5.71. The number of likely N-dealkylation sites (tertiary alicyclic amines) is 1. The molecule has 0 bridgehead atoms. The maximum Gasteiger partial charge on any atom is 0.254 e. The summed E-state index contributed by atoms with van der Waals surface area (Å²) in [5, 5.41) is 0.470. The second kappa shape index (κ2) is 7.32. The van der Waals surface area contributed by atoms with E-state index in [4.69, 9.17) is 5.73 Å². The molecule has 2 N–H and O–H groups in total. The van der Waals surface area contributed by atoms with Gasteiger partial charge in [0.05, 0.1) is 5.56 Å². The number of nitrogens with two attached hydrogens (primary N) is 1. The van der Waals surface area contributed by atoms with Crippen molar-refractivity contribution in [2.45, 2.75) is 49.8 Å². The van der Waals surface area contributed by atoms with Crippen molar-refractivity contribution >= 4 is 17.7 Å². The number of benzene rings is 1. The zero-order valence-corrected chi connectivity index (χ0v) is 14.0. The first-order valence-electron chi connectivity index (χ1n) is 7.79. The number of thioether (sulfide) groups is 1. The van der Waals surface area contributed by atoms with Crippen LogP contribution in [0.25, 0.3) is 0 Å². The molecule has 0 aliphatic carbocycles. The molecule has 0 aromatic heterocycles. The van der Waals surface area contributed by atoms with E-state index in [-0.39, 0.29) is 11.9 Å². The van der Waals surface area contributed by atoms with Crippen LogP contribution < -0.4 is 5.73 Å². The van der Waals surface area contributed by atoms with Crippen LogP contribution in [0.3, 0.4) is 0 Å². The predicted octanol–water partition coefficient (Wildman–Crippen LogP) is 3.39. The third-order valence-electron chi connectivity index (χ3n) is 3.97. The lowest BCUT2D eigenvalue weighted by Crippen LogP contribution is -2.45. The standard InChI is InChI=1S/C17H26N2OS/c1-12(2)21-16-9-5-4-8-15(16)17(20)19-10-6-7-14(11-19)13(3)18/h4-5,8-9,12-14H,6-7,10-11,18H2,1-3H3. The highest BCUT2D eigenvalue weighted by molar-refractivity contribution is 8.00. The molecule has 116 valence electrons. The van der Waals surface area contributed by atoms with Gasteiger partial charge in [-0.1, -0.05) is 26.0 Å². The molecule has 2 atom stereocenters. The zero-order chi connectivity index (χ0) is 15.4. The minimum Gasteiger partial charge on any atom is -0.338 e. The van der Waals surface area contributed by atoms with Gasteiger partial charge in [-0.25, -0.2) is 0 Å². The predicted molar refractivity (Wildman–Crippen MR) is 89.7 cm³/mol. The molecule has 1 heterocycles. The first kappa shape index (κ1) is 16.4. The van der Waals surface area contributed by atoms with E-state index in [1.165, 1.54) is 0 Å². The third-order valence-corrected chi connectivity index (χ3v) is 5.05. The van der Waals surface area contributed by atoms with Gasteiger partial charge in [-0.05, 0) is 37.8 Å². The van der Waals surface area contributed by atoms with Crippen molar-refractivity contribution in [1.82, 2.24) is 4.90 Å². The molecule has 1 aliphatic rings. The van der Waals surface area contributed by atoms with Gasteiger partial charge in [0.25, 0.3) is 5.91 Å². The molecule has 1 saturated heterocycles. The Labute approximate surface area is 132 Å². The summed E-state index contributed by atoms with van der Waals surface area (Å²) in [7, 11) is 0. The number of carbonyl (C=O) groups excluding carboxylic acids is 1. The largest absolute Gasteiger partial charge is 0.338 e. The van der Waals surface area contributed by atoms with Crippen molar-refractivity contribution in [3.8, 4) is 0 Å². The van der Waals surface area contributed by atoms with Gasteiger partial charge in [-0.2, -0.15) is 0 Å². The van der Waals surface area contributed by atoms with Gasteiger partial charge in [-0.3, -0.25) is 4.79 Å². The molecule has 1 fully saturated rings. The fourth-order valence-electron chi connectivity index (χ4n) is 2.79. The molecule has 2 unspecified atom stereocenters. The summed E-state index contributed by atoms with van der Waals surface area (Å²) in [6.45, 7) is 7.99. The topological polar surface area (TPSA) is 46.3 Å². The van der Waals surface area contributed by atoms with Crippen LogP contribution in [0, 0.1) is 5.92 Å². The van der Waals surface area contributed by atoms with Crippen molar-refractivity contribution in [1.29, 1.82) is 0 Å². The smallest absolute Gasteiger partial charge is 0.254 e. The SMILES string of the molecule is CC(C)Sc1ccccc1C(=O)N1CCCC(C(C)N)C1. The lowest BCUT2D eigenvalue weighted by molar-refractivity contribution is 0.0657. The fourth-order valence-corrected chi connectivity index (χ4v) is 3.74. The van der Waals surface area contributed by atoms with E-state index in [2.05, 4.69) is 13.8 Å². The molecule has 4 heteroatoms. The fraction of sp³-hybridized carbons (Fsp3) is 0.588. The summed E-state index contributed by atoms with van der Waals surface area (Å²) < 4.78 is 0. The average Bonchev–Trinajstić information content (AvgIpc) is 2.46. The molecule has 1 amide bonds. The van der Waals surface area contributed by atoms with E-state index in [0.29, 0.717) is 11.2 Å². The number of hydrogen-bond donors (Lipinski definition) is 1. The normalized spacial score (nSPS) is 20.6. The van der Waals surface area contributed by atoms with Gasteiger partial charge in [0.2, 0.25) is 0 Å². The third kappa shape index (κ3) is 4.24. The van der Waals surface area contributed by atoms with Gasteiger partial charge in [-0.15, -0.1) is 11.8 Å². The van der Waals surface area contributed by atoms with E-state index >= 15 is 0 Å². The number of rotatable bonds is 4. The summed E-state index contributed by atoms with van der Waals surface area (Å²) in [6.07, 6.45) is 2.18.